The molecule has 0 aliphatic carbocycles. The third-order valence-electron chi connectivity index (χ3n) is 3.81. The molecule has 0 saturated carbocycles. The van der Waals surface area contributed by atoms with Crippen molar-refractivity contribution in [2.24, 2.45) is 0 Å². The Hall–Kier alpha value is -2.11. The largest absolute Gasteiger partial charge is 0.473 e. The molecule has 1 amide bonds. The number of carbonyl (C=O) groups is 1. The Labute approximate surface area is 145 Å². The van der Waals surface area contributed by atoms with E-state index in [2.05, 4.69) is 10.3 Å². The second-order valence-corrected chi connectivity index (χ2v) is 6.02. The highest BCUT2D eigenvalue weighted by Gasteiger charge is 2.18. The Balaban J connectivity index is 1.59. The number of benzene rings is 1. The first-order valence-electron chi connectivity index (χ1n) is 7.94. The zero-order valence-electron chi connectivity index (χ0n) is 13.2. The summed E-state index contributed by atoms with van der Waals surface area (Å²) in [6.45, 7) is 1.82. The lowest BCUT2D eigenvalue weighted by Crippen LogP contribution is -2.26. The molecule has 3 rings (SSSR count). The van der Waals surface area contributed by atoms with Crippen molar-refractivity contribution < 1.29 is 14.3 Å². The van der Waals surface area contributed by atoms with Crippen LogP contribution in [-0.4, -0.2) is 30.2 Å². The molecule has 2 aromatic rings. The number of aromatic nitrogens is 1. The van der Waals surface area contributed by atoms with Gasteiger partial charge in [0.1, 0.15) is 11.1 Å². The fourth-order valence-corrected chi connectivity index (χ4v) is 2.68. The van der Waals surface area contributed by atoms with Gasteiger partial charge in [0.2, 0.25) is 5.88 Å². The standard InChI is InChI=1S/C18H19ClN2O3/c19-16-10-14(17(22)20-11-13-4-2-1-3-5-13)12-21-18(16)24-15-6-8-23-9-7-15/h1-5,10,12,15H,6-9,11H2,(H,20,22). The smallest absolute Gasteiger partial charge is 0.253 e. The Morgan fingerprint density at radius 2 is 2.04 bits per heavy atom. The van der Waals surface area contributed by atoms with Gasteiger partial charge in [0.05, 0.1) is 18.8 Å². The number of halogens is 1. The predicted octanol–water partition coefficient (Wildman–Crippen LogP) is 3.22. The molecule has 0 bridgehead atoms. The van der Waals surface area contributed by atoms with E-state index in [0.29, 0.717) is 36.2 Å². The number of ether oxygens (including phenoxy) is 2. The lowest BCUT2D eigenvalue weighted by Gasteiger charge is -2.23. The van der Waals surface area contributed by atoms with E-state index >= 15 is 0 Å². The van der Waals surface area contributed by atoms with E-state index in [1.807, 2.05) is 30.3 Å². The van der Waals surface area contributed by atoms with Crippen LogP contribution >= 0.6 is 11.6 Å². The second-order valence-electron chi connectivity index (χ2n) is 5.61. The van der Waals surface area contributed by atoms with E-state index in [1.165, 1.54) is 6.20 Å². The van der Waals surface area contributed by atoms with Crippen molar-refractivity contribution in [1.29, 1.82) is 0 Å². The van der Waals surface area contributed by atoms with E-state index in [1.54, 1.807) is 6.07 Å². The molecule has 1 aromatic heterocycles. The minimum absolute atomic E-state index is 0.0570. The van der Waals surface area contributed by atoms with Crippen molar-refractivity contribution in [1.82, 2.24) is 10.3 Å². The quantitative estimate of drug-likeness (QED) is 0.903. The zero-order valence-corrected chi connectivity index (χ0v) is 14.0. The third-order valence-corrected chi connectivity index (χ3v) is 4.08. The molecule has 0 unspecified atom stereocenters. The topological polar surface area (TPSA) is 60.5 Å². The van der Waals surface area contributed by atoms with E-state index in [9.17, 15) is 4.79 Å². The van der Waals surface area contributed by atoms with Gasteiger partial charge in [0, 0.05) is 25.6 Å². The van der Waals surface area contributed by atoms with Crippen molar-refractivity contribution in [3.05, 3.63) is 58.7 Å². The normalized spacial score (nSPS) is 15.0. The number of nitrogens with zero attached hydrogens (tertiary/aromatic N) is 1. The summed E-state index contributed by atoms with van der Waals surface area (Å²) in [6.07, 6.45) is 3.18. The summed E-state index contributed by atoms with van der Waals surface area (Å²) in [4.78, 5) is 16.4. The summed E-state index contributed by atoms with van der Waals surface area (Å²) in [5.41, 5.74) is 1.44. The minimum Gasteiger partial charge on any atom is -0.473 e. The molecule has 5 nitrogen and oxygen atoms in total. The molecule has 1 saturated heterocycles. The lowest BCUT2D eigenvalue weighted by molar-refractivity contribution is 0.0238. The van der Waals surface area contributed by atoms with Gasteiger partial charge >= 0.3 is 0 Å². The Morgan fingerprint density at radius 3 is 2.75 bits per heavy atom. The summed E-state index contributed by atoms with van der Waals surface area (Å²) in [5, 5.41) is 3.19. The van der Waals surface area contributed by atoms with Gasteiger partial charge in [0.25, 0.3) is 5.91 Å². The Bertz CT molecular complexity index is 688. The van der Waals surface area contributed by atoms with Gasteiger partial charge in [-0.1, -0.05) is 41.9 Å². The molecule has 6 heteroatoms. The monoisotopic (exact) mass is 346 g/mol. The summed E-state index contributed by atoms with van der Waals surface area (Å²) in [5.74, 6) is 0.147. The maximum Gasteiger partial charge on any atom is 0.253 e. The lowest BCUT2D eigenvalue weighted by atomic mass is 10.1. The predicted molar refractivity (Wildman–Crippen MR) is 91.3 cm³/mol. The van der Waals surface area contributed by atoms with Crippen LogP contribution in [0.3, 0.4) is 0 Å². The summed E-state index contributed by atoms with van der Waals surface area (Å²) < 4.78 is 11.1. The molecule has 1 aliphatic rings. The van der Waals surface area contributed by atoms with Crippen molar-refractivity contribution >= 4 is 17.5 Å². The number of nitrogens with one attached hydrogen (secondary N) is 1. The number of pyridine rings is 1. The minimum atomic E-state index is -0.217. The Morgan fingerprint density at radius 1 is 1.29 bits per heavy atom. The van der Waals surface area contributed by atoms with Crippen LogP contribution in [0.15, 0.2) is 42.6 Å². The average Bonchev–Trinajstić information content (AvgIpc) is 2.63. The molecule has 0 atom stereocenters. The van der Waals surface area contributed by atoms with Crippen LogP contribution in [0, 0.1) is 0 Å². The SMILES string of the molecule is O=C(NCc1ccccc1)c1cnc(OC2CCOCC2)c(Cl)c1. The maximum atomic E-state index is 12.2. The van der Waals surface area contributed by atoms with Crippen molar-refractivity contribution in [3.63, 3.8) is 0 Å². The van der Waals surface area contributed by atoms with Crippen LogP contribution in [0.2, 0.25) is 5.02 Å². The Kier molecular flexibility index (Phi) is 5.67. The average molecular weight is 347 g/mol. The van der Waals surface area contributed by atoms with Crippen molar-refractivity contribution in [2.75, 3.05) is 13.2 Å². The highest BCUT2D eigenvalue weighted by Crippen LogP contribution is 2.25. The van der Waals surface area contributed by atoms with E-state index in [0.717, 1.165) is 18.4 Å². The van der Waals surface area contributed by atoms with Gasteiger partial charge in [-0.05, 0) is 11.6 Å². The molecule has 1 aromatic carbocycles. The third kappa shape index (κ3) is 4.46. The number of rotatable bonds is 5. The number of carbonyl (C=O) groups excluding carboxylic acids is 1. The molecule has 1 aliphatic heterocycles. The van der Waals surface area contributed by atoms with Gasteiger partial charge in [-0.2, -0.15) is 0 Å². The van der Waals surface area contributed by atoms with Crippen LogP contribution < -0.4 is 10.1 Å². The molecule has 0 radical (unpaired) electrons. The van der Waals surface area contributed by atoms with Gasteiger partial charge in [-0.15, -0.1) is 0 Å². The first kappa shape index (κ1) is 16.7. The summed E-state index contributed by atoms with van der Waals surface area (Å²) in [6, 6.07) is 11.3. The van der Waals surface area contributed by atoms with Crippen LogP contribution in [-0.2, 0) is 11.3 Å². The molecule has 126 valence electrons. The summed E-state index contributed by atoms with van der Waals surface area (Å²) in [7, 11) is 0. The second kappa shape index (κ2) is 8.13. The van der Waals surface area contributed by atoms with Gasteiger partial charge in [0.15, 0.2) is 0 Å². The van der Waals surface area contributed by atoms with Crippen LogP contribution in [0.25, 0.3) is 0 Å². The molecular formula is C18H19ClN2O3. The van der Waals surface area contributed by atoms with Crippen LogP contribution in [0.1, 0.15) is 28.8 Å². The first-order chi connectivity index (χ1) is 11.7. The highest BCUT2D eigenvalue weighted by atomic mass is 35.5. The van der Waals surface area contributed by atoms with Gasteiger partial charge < -0.3 is 14.8 Å². The number of hydrogen-bond acceptors (Lipinski definition) is 4. The maximum absolute atomic E-state index is 12.2. The molecule has 2 heterocycles. The van der Waals surface area contributed by atoms with Crippen LogP contribution in [0.4, 0.5) is 0 Å². The van der Waals surface area contributed by atoms with E-state index in [4.69, 9.17) is 21.1 Å². The van der Waals surface area contributed by atoms with E-state index in [-0.39, 0.29) is 12.0 Å². The fourth-order valence-electron chi connectivity index (χ4n) is 2.47. The number of amides is 1. The van der Waals surface area contributed by atoms with Crippen molar-refractivity contribution in [2.45, 2.75) is 25.5 Å². The molecular weight excluding hydrogens is 328 g/mol. The van der Waals surface area contributed by atoms with Gasteiger partial charge in [-0.25, -0.2) is 4.98 Å². The molecule has 1 fully saturated rings. The summed E-state index contributed by atoms with van der Waals surface area (Å²) >= 11 is 6.21. The van der Waals surface area contributed by atoms with Crippen LogP contribution in [0.5, 0.6) is 5.88 Å². The zero-order chi connectivity index (χ0) is 16.8. The molecule has 1 N–H and O–H groups in total. The van der Waals surface area contributed by atoms with Gasteiger partial charge in [-0.3, -0.25) is 4.79 Å². The molecule has 24 heavy (non-hydrogen) atoms. The number of hydrogen-bond donors (Lipinski definition) is 1. The highest BCUT2D eigenvalue weighted by molar-refractivity contribution is 6.32. The fraction of sp³-hybridized carbons (Fsp3) is 0.333. The van der Waals surface area contributed by atoms with E-state index < -0.39 is 0 Å². The first-order valence-corrected chi connectivity index (χ1v) is 8.32. The van der Waals surface area contributed by atoms with Crippen molar-refractivity contribution in [3.8, 4) is 5.88 Å². The molecule has 0 spiro atoms.